The van der Waals surface area contributed by atoms with E-state index in [4.69, 9.17) is 4.74 Å². The highest BCUT2D eigenvalue weighted by molar-refractivity contribution is 5.70. The quantitative estimate of drug-likeness (QED) is 0.824. The summed E-state index contributed by atoms with van der Waals surface area (Å²) < 4.78 is 6.81. The van der Waals surface area contributed by atoms with E-state index in [2.05, 4.69) is 10.4 Å². The summed E-state index contributed by atoms with van der Waals surface area (Å²) in [5.74, 6) is 0.488. The molecule has 0 saturated heterocycles. The van der Waals surface area contributed by atoms with E-state index in [9.17, 15) is 4.79 Å². The first-order valence-electron chi connectivity index (χ1n) is 5.17. The van der Waals surface area contributed by atoms with E-state index in [0.717, 1.165) is 12.8 Å². The minimum absolute atomic E-state index is 0.272. The average Bonchev–Trinajstić information content (AvgIpc) is 2.82. The molecule has 1 aliphatic carbocycles. The van der Waals surface area contributed by atoms with Gasteiger partial charge in [-0.3, -0.25) is 4.68 Å². The fraction of sp³-hybridized carbons (Fsp3) is 0.600. The number of hydrogen-bond acceptors (Lipinski definition) is 3. The van der Waals surface area contributed by atoms with Crippen molar-refractivity contribution >= 4 is 6.09 Å². The molecule has 1 aromatic rings. The summed E-state index contributed by atoms with van der Waals surface area (Å²) in [7, 11) is 0. The molecule has 0 aliphatic heterocycles. The van der Waals surface area contributed by atoms with Crippen LogP contribution in [0.2, 0.25) is 0 Å². The zero-order chi connectivity index (χ0) is 10.8. The number of hydrogen-bond donors (Lipinski definition) is 1. The van der Waals surface area contributed by atoms with Gasteiger partial charge in [-0.15, -0.1) is 0 Å². The summed E-state index contributed by atoms with van der Waals surface area (Å²) in [6.45, 7) is 4.03. The van der Waals surface area contributed by atoms with Crippen LogP contribution in [0, 0.1) is 0 Å². The van der Waals surface area contributed by atoms with Crippen LogP contribution in [-0.4, -0.2) is 21.9 Å². The van der Waals surface area contributed by atoms with Crippen LogP contribution in [0.3, 0.4) is 0 Å². The Hall–Kier alpha value is -1.52. The van der Waals surface area contributed by atoms with Crippen LogP contribution in [0.25, 0.3) is 0 Å². The molecule has 0 bridgehead atoms. The van der Waals surface area contributed by atoms with Gasteiger partial charge >= 0.3 is 6.09 Å². The number of nitrogens with zero attached hydrogens (tertiary/aromatic N) is 2. The van der Waals surface area contributed by atoms with Crippen LogP contribution in [-0.2, 0) is 0 Å². The molecule has 0 radical (unpaired) electrons. The van der Waals surface area contributed by atoms with Crippen molar-refractivity contribution in [2.45, 2.75) is 38.8 Å². The minimum Gasteiger partial charge on any atom is -0.407 e. The molecule has 82 valence electrons. The van der Waals surface area contributed by atoms with E-state index < -0.39 is 0 Å². The maximum atomic E-state index is 11.3. The number of amides is 1. The Balaban J connectivity index is 1.88. The smallest absolute Gasteiger partial charge is 0.407 e. The highest BCUT2D eigenvalue weighted by Crippen LogP contribution is 2.19. The van der Waals surface area contributed by atoms with Crippen molar-refractivity contribution in [1.29, 1.82) is 0 Å². The summed E-state index contributed by atoms with van der Waals surface area (Å²) in [6, 6.07) is 0.589. The Labute approximate surface area is 88.4 Å². The molecule has 15 heavy (non-hydrogen) atoms. The van der Waals surface area contributed by atoms with Gasteiger partial charge in [0.05, 0.1) is 12.4 Å². The third-order valence-corrected chi connectivity index (χ3v) is 2.22. The van der Waals surface area contributed by atoms with Crippen molar-refractivity contribution in [1.82, 2.24) is 15.1 Å². The molecule has 1 aliphatic rings. The third kappa shape index (κ3) is 2.71. The van der Waals surface area contributed by atoms with Gasteiger partial charge < -0.3 is 10.1 Å². The molecule has 5 heteroatoms. The predicted molar refractivity (Wildman–Crippen MR) is 54.8 cm³/mol. The number of carbonyl (C=O) groups excluding carboxylic acids is 1. The Morgan fingerprint density at radius 2 is 2.40 bits per heavy atom. The first-order valence-corrected chi connectivity index (χ1v) is 5.17. The zero-order valence-corrected chi connectivity index (χ0v) is 8.93. The molecular formula is C10H15N3O2. The Morgan fingerprint density at radius 1 is 1.67 bits per heavy atom. The van der Waals surface area contributed by atoms with Gasteiger partial charge in [0.15, 0.2) is 5.75 Å². The largest absolute Gasteiger partial charge is 0.412 e. The Kier molecular flexibility index (Phi) is 2.62. The summed E-state index contributed by atoms with van der Waals surface area (Å²) in [6.07, 6.45) is 4.99. The third-order valence-electron chi connectivity index (χ3n) is 2.22. The lowest BCUT2D eigenvalue weighted by Gasteiger charge is -2.04. The molecular weight excluding hydrogens is 194 g/mol. The maximum Gasteiger partial charge on any atom is 0.412 e. The second-order valence-corrected chi connectivity index (χ2v) is 4.06. The maximum absolute atomic E-state index is 11.3. The van der Waals surface area contributed by atoms with Gasteiger partial charge in [-0.05, 0) is 26.7 Å². The van der Waals surface area contributed by atoms with Gasteiger partial charge in [-0.1, -0.05) is 0 Å². The van der Waals surface area contributed by atoms with Crippen LogP contribution in [0.5, 0.6) is 5.75 Å². The van der Waals surface area contributed by atoms with Crippen molar-refractivity contribution < 1.29 is 9.53 Å². The number of ether oxygens (including phenoxy) is 1. The molecule has 1 heterocycles. The number of aromatic nitrogens is 2. The van der Waals surface area contributed by atoms with Gasteiger partial charge in [0, 0.05) is 12.1 Å². The van der Waals surface area contributed by atoms with E-state index in [0.29, 0.717) is 11.8 Å². The number of carbonyl (C=O) groups is 1. The summed E-state index contributed by atoms with van der Waals surface area (Å²) in [4.78, 5) is 11.3. The standard InChI is InChI=1S/C10H15N3O2/c1-7(2)13-6-9(5-11-13)15-10(14)12-8-3-4-8/h5-8H,3-4H2,1-2H3,(H,12,14). The highest BCUT2D eigenvalue weighted by atomic mass is 16.6. The van der Waals surface area contributed by atoms with E-state index in [1.54, 1.807) is 17.1 Å². The lowest BCUT2D eigenvalue weighted by molar-refractivity contribution is 0.200. The van der Waals surface area contributed by atoms with Crippen LogP contribution in [0.1, 0.15) is 32.7 Å². The van der Waals surface area contributed by atoms with E-state index in [1.807, 2.05) is 13.8 Å². The molecule has 1 N–H and O–H groups in total. The van der Waals surface area contributed by atoms with E-state index in [-0.39, 0.29) is 12.1 Å². The molecule has 0 aromatic carbocycles. The Bertz CT molecular complexity index is 355. The van der Waals surface area contributed by atoms with Crippen molar-refractivity contribution in [2.24, 2.45) is 0 Å². The number of nitrogens with one attached hydrogen (secondary N) is 1. The summed E-state index contributed by atoms with van der Waals surface area (Å²) >= 11 is 0. The van der Waals surface area contributed by atoms with E-state index in [1.165, 1.54) is 0 Å². The highest BCUT2D eigenvalue weighted by Gasteiger charge is 2.24. The average molecular weight is 209 g/mol. The molecule has 0 unspecified atom stereocenters. The predicted octanol–water partition coefficient (Wildman–Crippen LogP) is 1.71. The van der Waals surface area contributed by atoms with Crippen molar-refractivity contribution in [3.63, 3.8) is 0 Å². The molecule has 5 nitrogen and oxygen atoms in total. The summed E-state index contributed by atoms with van der Waals surface area (Å²) in [5.41, 5.74) is 0. The van der Waals surface area contributed by atoms with Crippen molar-refractivity contribution in [2.75, 3.05) is 0 Å². The van der Waals surface area contributed by atoms with Gasteiger partial charge in [0.2, 0.25) is 0 Å². The molecule has 1 fully saturated rings. The first kappa shape index (κ1) is 10.0. The molecule has 0 atom stereocenters. The van der Waals surface area contributed by atoms with Gasteiger partial charge in [0.1, 0.15) is 0 Å². The van der Waals surface area contributed by atoms with Crippen molar-refractivity contribution in [3.8, 4) is 5.75 Å². The van der Waals surface area contributed by atoms with E-state index >= 15 is 0 Å². The van der Waals surface area contributed by atoms with Crippen LogP contribution in [0.15, 0.2) is 12.4 Å². The van der Waals surface area contributed by atoms with Crippen molar-refractivity contribution in [3.05, 3.63) is 12.4 Å². The van der Waals surface area contributed by atoms with Gasteiger partial charge in [-0.25, -0.2) is 4.79 Å². The molecule has 1 aromatic heterocycles. The minimum atomic E-state index is -0.388. The second kappa shape index (κ2) is 3.92. The second-order valence-electron chi connectivity index (χ2n) is 4.06. The zero-order valence-electron chi connectivity index (χ0n) is 8.93. The monoisotopic (exact) mass is 209 g/mol. The number of rotatable bonds is 3. The van der Waals surface area contributed by atoms with Gasteiger partial charge in [-0.2, -0.15) is 5.10 Å². The fourth-order valence-electron chi connectivity index (χ4n) is 1.19. The van der Waals surface area contributed by atoms with Crippen LogP contribution < -0.4 is 10.1 Å². The molecule has 0 spiro atoms. The van der Waals surface area contributed by atoms with Crippen LogP contribution >= 0.6 is 0 Å². The Morgan fingerprint density at radius 3 is 2.93 bits per heavy atom. The first-order chi connectivity index (χ1) is 7.15. The summed E-state index contributed by atoms with van der Waals surface area (Å²) in [5, 5.41) is 6.82. The molecule has 2 rings (SSSR count). The SMILES string of the molecule is CC(C)n1cc(OC(=O)NC2CC2)cn1. The fourth-order valence-corrected chi connectivity index (χ4v) is 1.19. The molecule has 1 saturated carbocycles. The topological polar surface area (TPSA) is 56.1 Å². The van der Waals surface area contributed by atoms with Crippen LogP contribution in [0.4, 0.5) is 4.79 Å². The molecule has 1 amide bonds. The normalized spacial score (nSPS) is 15.4. The van der Waals surface area contributed by atoms with Gasteiger partial charge in [0.25, 0.3) is 0 Å². The lowest BCUT2D eigenvalue weighted by Crippen LogP contribution is -2.28. The lowest BCUT2D eigenvalue weighted by atomic mass is 10.4.